The second-order valence-electron chi connectivity index (χ2n) is 6.49. The molecule has 0 aromatic heterocycles. The van der Waals surface area contributed by atoms with Gasteiger partial charge in [0.15, 0.2) is 11.5 Å². The van der Waals surface area contributed by atoms with Gasteiger partial charge in [0.25, 0.3) is 11.8 Å². The van der Waals surface area contributed by atoms with Crippen LogP contribution in [0, 0.1) is 6.92 Å². The van der Waals surface area contributed by atoms with Crippen molar-refractivity contribution in [3.8, 4) is 11.5 Å². The third-order valence-corrected chi connectivity index (χ3v) is 4.61. The van der Waals surface area contributed by atoms with Gasteiger partial charge in [0.05, 0.1) is 23.9 Å². The van der Waals surface area contributed by atoms with Gasteiger partial charge in [-0.25, -0.2) is 9.69 Å². The lowest BCUT2D eigenvalue weighted by Crippen LogP contribution is -2.54. The standard InChI is InChI=1S/C22H21ClN2O5/c1-4-29-18-12-14(11-17(23)19(18)30-5-2)10-16-20(26)24-22(28)25(21(16)27)15-8-6-13(3)7-9-15/h6-12H,4-5H2,1-3H3,(H,24,26,28)/b16-10-. The van der Waals surface area contributed by atoms with E-state index in [9.17, 15) is 14.4 Å². The first-order valence-electron chi connectivity index (χ1n) is 9.43. The van der Waals surface area contributed by atoms with Gasteiger partial charge in [-0.05, 0) is 56.7 Å². The summed E-state index contributed by atoms with van der Waals surface area (Å²) in [5.41, 5.74) is 1.60. The number of imide groups is 2. The van der Waals surface area contributed by atoms with Crippen molar-refractivity contribution in [2.75, 3.05) is 18.1 Å². The number of barbiturate groups is 1. The van der Waals surface area contributed by atoms with E-state index in [1.54, 1.807) is 36.4 Å². The smallest absolute Gasteiger partial charge is 0.335 e. The Morgan fingerprint density at radius 3 is 2.33 bits per heavy atom. The van der Waals surface area contributed by atoms with Crippen molar-refractivity contribution in [1.82, 2.24) is 5.32 Å². The number of urea groups is 1. The monoisotopic (exact) mass is 428 g/mol. The Labute approximate surface area is 179 Å². The van der Waals surface area contributed by atoms with Crippen LogP contribution in [0.3, 0.4) is 0 Å². The molecule has 3 rings (SSSR count). The maximum absolute atomic E-state index is 13.0. The molecule has 4 amide bonds. The molecule has 30 heavy (non-hydrogen) atoms. The number of nitrogens with one attached hydrogen (secondary N) is 1. The fourth-order valence-corrected chi connectivity index (χ4v) is 3.24. The topological polar surface area (TPSA) is 84.9 Å². The summed E-state index contributed by atoms with van der Waals surface area (Å²) in [4.78, 5) is 38.6. The molecule has 0 unspecified atom stereocenters. The molecule has 0 aliphatic carbocycles. The Morgan fingerprint density at radius 2 is 1.70 bits per heavy atom. The minimum absolute atomic E-state index is 0.196. The molecule has 1 heterocycles. The Hall–Kier alpha value is -3.32. The van der Waals surface area contributed by atoms with Gasteiger partial charge in [0.1, 0.15) is 5.57 Å². The number of carbonyl (C=O) groups is 3. The molecule has 0 bridgehead atoms. The highest BCUT2D eigenvalue weighted by atomic mass is 35.5. The van der Waals surface area contributed by atoms with E-state index in [1.807, 2.05) is 20.8 Å². The molecule has 2 aromatic carbocycles. The average molecular weight is 429 g/mol. The van der Waals surface area contributed by atoms with Gasteiger partial charge >= 0.3 is 6.03 Å². The summed E-state index contributed by atoms with van der Waals surface area (Å²) in [6.07, 6.45) is 1.37. The van der Waals surface area contributed by atoms with E-state index in [2.05, 4.69) is 5.32 Å². The SMILES string of the molecule is CCOc1cc(/C=C2/C(=O)NC(=O)N(c3ccc(C)cc3)C2=O)cc(Cl)c1OCC. The molecular weight excluding hydrogens is 408 g/mol. The van der Waals surface area contributed by atoms with Crippen molar-refractivity contribution >= 4 is 41.2 Å². The highest BCUT2D eigenvalue weighted by Crippen LogP contribution is 2.37. The van der Waals surface area contributed by atoms with E-state index >= 15 is 0 Å². The number of benzene rings is 2. The van der Waals surface area contributed by atoms with E-state index in [4.69, 9.17) is 21.1 Å². The number of hydrogen-bond acceptors (Lipinski definition) is 5. The van der Waals surface area contributed by atoms with Crippen molar-refractivity contribution in [2.24, 2.45) is 0 Å². The van der Waals surface area contributed by atoms with Crippen LogP contribution in [-0.2, 0) is 9.59 Å². The van der Waals surface area contributed by atoms with Crippen molar-refractivity contribution in [1.29, 1.82) is 0 Å². The average Bonchev–Trinajstić information content (AvgIpc) is 2.69. The normalized spacial score (nSPS) is 15.4. The van der Waals surface area contributed by atoms with E-state index in [0.29, 0.717) is 36.0 Å². The molecular formula is C22H21ClN2O5. The van der Waals surface area contributed by atoms with Crippen molar-refractivity contribution in [3.05, 3.63) is 58.1 Å². The fourth-order valence-electron chi connectivity index (χ4n) is 2.97. The zero-order valence-electron chi connectivity index (χ0n) is 16.8. The lowest BCUT2D eigenvalue weighted by atomic mass is 10.1. The first-order valence-corrected chi connectivity index (χ1v) is 9.80. The number of hydrogen-bond donors (Lipinski definition) is 1. The van der Waals surface area contributed by atoms with Crippen LogP contribution in [0.2, 0.25) is 5.02 Å². The van der Waals surface area contributed by atoms with Crippen LogP contribution in [0.15, 0.2) is 42.0 Å². The highest BCUT2D eigenvalue weighted by molar-refractivity contribution is 6.39. The second-order valence-corrected chi connectivity index (χ2v) is 6.90. The molecule has 156 valence electrons. The molecule has 0 spiro atoms. The predicted molar refractivity (Wildman–Crippen MR) is 114 cm³/mol. The van der Waals surface area contributed by atoms with Crippen molar-refractivity contribution < 1.29 is 23.9 Å². The number of carbonyl (C=O) groups excluding carboxylic acids is 3. The highest BCUT2D eigenvalue weighted by Gasteiger charge is 2.36. The molecule has 8 heteroatoms. The molecule has 1 aliphatic heterocycles. The Kier molecular flexibility index (Phi) is 6.42. The van der Waals surface area contributed by atoms with Gasteiger partial charge in [0, 0.05) is 0 Å². The molecule has 2 aromatic rings. The summed E-state index contributed by atoms with van der Waals surface area (Å²) in [6.45, 7) is 6.31. The van der Waals surface area contributed by atoms with Gasteiger partial charge in [-0.15, -0.1) is 0 Å². The summed E-state index contributed by atoms with van der Waals surface area (Å²) >= 11 is 6.32. The van der Waals surface area contributed by atoms with Crippen LogP contribution < -0.4 is 19.7 Å². The number of halogens is 1. The van der Waals surface area contributed by atoms with Gasteiger partial charge in [-0.2, -0.15) is 0 Å². The summed E-state index contributed by atoms with van der Waals surface area (Å²) in [7, 11) is 0. The van der Waals surface area contributed by atoms with E-state index in [0.717, 1.165) is 10.5 Å². The van der Waals surface area contributed by atoms with E-state index in [-0.39, 0.29) is 10.6 Å². The molecule has 7 nitrogen and oxygen atoms in total. The largest absolute Gasteiger partial charge is 0.490 e. The first-order chi connectivity index (χ1) is 14.3. The van der Waals surface area contributed by atoms with Crippen LogP contribution in [0.4, 0.5) is 10.5 Å². The zero-order valence-corrected chi connectivity index (χ0v) is 17.6. The van der Waals surface area contributed by atoms with Crippen molar-refractivity contribution in [3.63, 3.8) is 0 Å². The van der Waals surface area contributed by atoms with Crippen molar-refractivity contribution in [2.45, 2.75) is 20.8 Å². The number of rotatable bonds is 6. The molecule has 1 fully saturated rings. The number of amides is 4. The zero-order chi connectivity index (χ0) is 21.8. The third-order valence-electron chi connectivity index (χ3n) is 4.33. The van der Waals surface area contributed by atoms with Crippen LogP contribution in [0.1, 0.15) is 25.0 Å². The number of ether oxygens (including phenoxy) is 2. The van der Waals surface area contributed by atoms with Gasteiger partial charge < -0.3 is 9.47 Å². The number of aryl methyl sites for hydroxylation is 1. The van der Waals surface area contributed by atoms with Gasteiger partial charge in [0.2, 0.25) is 0 Å². The lowest BCUT2D eigenvalue weighted by Gasteiger charge is -2.26. The van der Waals surface area contributed by atoms with Crippen LogP contribution in [0.5, 0.6) is 11.5 Å². The van der Waals surface area contributed by atoms with Gasteiger partial charge in [-0.3, -0.25) is 14.9 Å². The van der Waals surface area contributed by atoms with E-state index in [1.165, 1.54) is 6.08 Å². The molecule has 0 radical (unpaired) electrons. The minimum atomic E-state index is -0.800. The quantitative estimate of drug-likeness (QED) is 0.552. The minimum Gasteiger partial charge on any atom is -0.490 e. The Morgan fingerprint density at radius 1 is 1.03 bits per heavy atom. The molecule has 1 saturated heterocycles. The summed E-state index contributed by atoms with van der Waals surface area (Å²) in [6, 6.07) is 9.22. The fraction of sp³-hybridized carbons (Fsp3) is 0.227. The van der Waals surface area contributed by atoms with Crippen LogP contribution in [-0.4, -0.2) is 31.1 Å². The van der Waals surface area contributed by atoms with E-state index < -0.39 is 17.8 Å². The first kappa shape index (κ1) is 21.4. The van der Waals surface area contributed by atoms with Crippen LogP contribution in [0.25, 0.3) is 6.08 Å². The summed E-state index contributed by atoms with van der Waals surface area (Å²) in [5.74, 6) is -0.722. The maximum Gasteiger partial charge on any atom is 0.335 e. The Bertz CT molecular complexity index is 1030. The molecule has 1 N–H and O–H groups in total. The van der Waals surface area contributed by atoms with Crippen LogP contribution >= 0.6 is 11.6 Å². The molecule has 0 saturated carbocycles. The number of nitrogens with zero attached hydrogens (tertiary/aromatic N) is 1. The van der Waals surface area contributed by atoms with Gasteiger partial charge in [-0.1, -0.05) is 29.3 Å². The molecule has 0 atom stereocenters. The summed E-state index contributed by atoms with van der Waals surface area (Å²) < 4.78 is 11.1. The second kappa shape index (κ2) is 9.00. The maximum atomic E-state index is 13.0. The third kappa shape index (κ3) is 4.31. The number of anilines is 1. The summed E-state index contributed by atoms with van der Waals surface area (Å²) in [5, 5.41) is 2.48. The lowest BCUT2D eigenvalue weighted by molar-refractivity contribution is -0.122. The Balaban J connectivity index is 2.03. The molecule has 1 aliphatic rings. The predicted octanol–water partition coefficient (Wildman–Crippen LogP) is 4.11.